The molecule has 1 N–H and O–H groups in total. The lowest BCUT2D eigenvalue weighted by Crippen LogP contribution is -2.37. The topological polar surface area (TPSA) is 110 Å². The van der Waals surface area contributed by atoms with Gasteiger partial charge in [0.05, 0.1) is 18.4 Å². The number of rotatable bonds is 7. The summed E-state index contributed by atoms with van der Waals surface area (Å²) < 4.78 is 35.6. The molecule has 0 amide bonds. The molecule has 1 fully saturated rings. The summed E-state index contributed by atoms with van der Waals surface area (Å²) in [5, 5.41) is 17.7. The summed E-state index contributed by atoms with van der Waals surface area (Å²) in [4.78, 5) is 21.5. The van der Waals surface area contributed by atoms with E-state index in [1.807, 2.05) is 0 Å². The van der Waals surface area contributed by atoms with Crippen LogP contribution in [0, 0.1) is 17.6 Å². The zero-order valence-electron chi connectivity index (χ0n) is 18.6. The van der Waals surface area contributed by atoms with Crippen molar-refractivity contribution in [1.29, 1.82) is 0 Å². The Morgan fingerprint density at radius 3 is 2.80 bits per heavy atom. The fourth-order valence-electron chi connectivity index (χ4n) is 4.36. The van der Waals surface area contributed by atoms with E-state index in [0.29, 0.717) is 35.7 Å². The molecule has 0 radical (unpaired) electrons. The first kappa shape index (κ1) is 22.6. The van der Waals surface area contributed by atoms with Crippen LogP contribution in [0.5, 0.6) is 0 Å². The van der Waals surface area contributed by atoms with Crippen molar-refractivity contribution in [3.05, 3.63) is 66.1 Å². The fourth-order valence-corrected chi connectivity index (χ4v) is 4.36. The first-order chi connectivity index (χ1) is 17.0. The number of carbonyl (C=O) groups is 1. The summed E-state index contributed by atoms with van der Waals surface area (Å²) in [5.74, 6) is -1.61. The number of hydrogen-bond acceptors (Lipinski definition) is 7. The molecule has 0 aliphatic carbocycles. The van der Waals surface area contributed by atoms with E-state index in [-0.39, 0.29) is 36.3 Å². The van der Waals surface area contributed by atoms with Crippen LogP contribution in [0.15, 0.2) is 53.4 Å². The number of carboxylic acid groups (broad SMARTS) is 1. The van der Waals surface area contributed by atoms with Gasteiger partial charge in [-0.25, -0.2) is 18.7 Å². The first-order valence-corrected chi connectivity index (χ1v) is 11.2. The first-order valence-electron chi connectivity index (χ1n) is 11.2. The Labute approximate surface area is 199 Å². The monoisotopic (exact) mass is 480 g/mol. The minimum absolute atomic E-state index is 0.0254. The van der Waals surface area contributed by atoms with Crippen LogP contribution >= 0.6 is 0 Å². The van der Waals surface area contributed by atoms with Gasteiger partial charge >= 0.3 is 5.97 Å². The average Bonchev–Trinajstić information content (AvgIpc) is 3.51. The van der Waals surface area contributed by atoms with E-state index >= 15 is 0 Å². The van der Waals surface area contributed by atoms with Gasteiger partial charge in [0, 0.05) is 31.1 Å². The number of benzene rings is 1. The van der Waals surface area contributed by atoms with Crippen LogP contribution in [0.3, 0.4) is 0 Å². The van der Waals surface area contributed by atoms with Gasteiger partial charge < -0.3 is 14.5 Å². The highest BCUT2D eigenvalue weighted by atomic mass is 19.1. The normalized spacial score (nSPS) is 15.9. The highest BCUT2D eigenvalue weighted by molar-refractivity contribution is 5.67. The fraction of sp³-hybridized carbons (Fsp3) is 0.292. The van der Waals surface area contributed by atoms with Gasteiger partial charge in [0.25, 0.3) is 0 Å². The number of halogens is 2. The molecule has 0 spiro atoms. The second-order valence-electron chi connectivity index (χ2n) is 8.47. The van der Waals surface area contributed by atoms with E-state index in [1.165, 1.54) is 12.3 Å². The number of aliphatic carboxylic acids is 1. The predicted octanol–water partition coefficient (Wildman–Crippen LogP) is 4.01. The molecule has 1 saturated heterocycles. The van der Waals surface area contributed by atoms with Crippen molar-refractivity contribution in [1.82, 2.24) is 24.9 Å². The van der Waals surface area contributed by atoms with Gasteiger partial charge in [-0.1, -0.05) is 23.4 Å². The van der Waals surface area contributed by atoms with E-state index in [4.69, 9.17) is 9.63 Å². The summed E-state index contributed by atoms with van der Waals surface area (Å²) in [7, 11) is 0. The summed E-state index contributed by atoms with van der Waals surface area (Å²) in [6.07, 6.45) is 4.04. The Morgan fingerprint density at radius 1 is 1.17 bits per heavy atom. The number of anilines is 1. The molecule has 1 atom stereocenters. The number of piperidine rings is 1. The molecular formula is C24H22F2N6O3. The number of hydrogen-bond donors (Lipinski definition) is 1. The van der Waals surface area contributed by atoms with Gasteiger partial charge in [-0.15, -0.1) is 0 Å². The highest BCUT2D eigenvalue weighted by Gasteiger charge is 2.26. The van der Waals surface area contributed by atoms with Crippen LogP contribution in [-0.2, 0) is 11.3 Å². The van der Waals surface area contributed by atoms with Crippen molar-refractivity contribution >= 4 is 11.8 Å². The average molecular weight is 480 g/mol. The number of aromatic nitrogens is 5. The lowest BCUT2D eigenvalue weighted by molar-refractivity contribution is -0.138. The van der Waals surface area contributed by atoms with Crippen LogP contribution in [0.25, 0.3) is 22.9 Å². The third-order valence-electron chi connectivity index (χ3n) is 5.99. The van der Waals surface area contributed by atoms with Gasteiger partial charge in [0.15, 0.2) is 17.5 Å². The Kier molecular flexibility index (Phi) is 6.21. The molecule has 180 valence electrons. The molecular weight excluding hydrogens is 458 g/mol. The van der Waals surface area contributed by atoms with Crippen LogP contribution in [0.4, 0.5) is 14.6 Å². The molecule has 4 aromatic rings. The van der Waals surface area contributed by atoms with Gasteiger partial charge in [-0.3, -0.25) is 9.48 Å². The zero-order valence-corrected chi connectivity index (χ0v) is 18.6. The van der Waals surface area contributed by atoms with Crippen molar-refractivity contribution in [2.75, 3.05) is 18.0 Å². The van der Waals surface area contributed by atoms with Crippen LogP contribution in [0.1, 0.15) is 24.8 Å². The quantitative estimate of drug-likeness (QED) is 0.423. The van der Waals surface area contributed by atoms with Crippen molar-refractivity contribution < 1.29 is 23.2 Å². The second kappa shape index (κ2) is 9.61. The summed E-state index contributed by atoms with van der Waals surface area (Å²) >= 11 is 0. The van der Waals surface area contributed by atoms with Crippen molar-refractivity contribution in [3.8, 4) is 22.9 Å². The van der Waals surface area contributed by atoms with Crippen LogP contribution < -0.4 is 4.90 Å². The SMILES string of the molecule is O=C(O)CC1CCCN(c2nc(-c3cc(-c4ccon4)n(Cc4ccccc4F)n3)ncc2F)C1. The standard InChI is InChI=1S/C24H22F2N6O3/c25-17-6-2-1-5-16(17)14-32-21(19-7-9-35-30-19)11-20(29-32)23-27-12-18(26)24(28-23)31-8-3-4-15(13-31)10-22(33)34/h1-2,5-7,9,11-12,15H,3-4,8,10,13-14H2,(H,33,34). The summed E-state index contributed by atoms with van der Waals surface area (Å²) in [6, 6.07) is 9.75. The number of carboxylic acids is 1. The second-order valence-corrected chi connectivity index (χ2v) is 8.47. The van der Waals surface area contributed by atoms with E-state index in [2.05, 4.69) is 20.2 Å². The lowest BCUT2D eigenvalue weighted by Gasteiger charge is -2.33. The Bertz CT molecular complexity index is 1340. The minimum atomic E-state index is -0.874. The summed E-state index contributed by atoms with van der Waals surface area (Å²) in [5.41, 5.74) is 1.85. The predicted molar refractivity (Wildman–Crippen MR) is 121 cm³/mol. The maximum absolute atomic E-state index is 14.7. The Hall–Kier alpha value is -4.15. The molecule has 35 heavy (non-hydrogen) atoms. The van der Waals surface area contributed by atoms with Gasteiger partial charge in [-0.05, 0) is 30.9 Å². The van der Waals surface area contributed by atoms with Crippen molar-refractivity contribution in [2.24, 2.45) is 5.92 Å². The van der Waals surface area contributed by atoms with E-state index in [0.717, 1.165) is 19.0 Å². The van der Waals surface area contributed by atoms with Crippen LogP contribution in [-0.4, -0.2) is 49.1 Å². The largest absolute Gasteiger partial charge is 0.481 e. The van der Waals surface area contributed by atoms with Gasteiger partial charge in [0.1, 0.15) is 23.5 Å². The molecule has 1 aliphatic rings. The third kappa shape index (κ3) is 4.88. The Balaban J connectivity index is 1.49. The smallest absolute Gasteiger partial charge is 0.303 e. The minimum Gasteiger partial charge on any atom is -0.481 e. The zero-order chi connectivity index (χ0) is 24.4. The van der Waals surface area contributed by atoms with Gasteiger partial charge in [-0.2, -0.15) is 5.10 Å². The van der Waals surface area contributed by atoms with Crippen molar-refractivity contribution in [2.45, 2.75) is 25.8 Å². The van der Waals surface area contributed by atoms with Crippen molar-refractivity contribution in [3.63, 3.8) is 0 Å². The summed E-state index contributed by atoms with van der Waals surface area (Å²) in [6.45, 7) is 1.09. The highest BCUT2D eigenvalue weighted by Crippen LogP contribution is 2.29. The van der Waals surface area contributed by atoms with Gasteiger partial charge in [0.2, 0.25) is 0 Å². The molecule has 0 saturated carbocycles. The molecule has 9 nitrogen and oxygen atoms in total. The Morgan fingerprint density at radius 2 is 2.03 bits per heavy atom. The van der Waals surface area contributed by atoms with E-state index in [9.17, 15) is 13.6 Å². The maximum Gasteiger partial charge on any atom is 0.303 e. The lowest BCUT2D eigenvalue weighted by atomic mass is 9.95. The molecule has 11 heteroatoms. The van der Waals surface area contributed by atoms with Crippen LogP contribution in [0.2, 0.25) is 0 Å². The molecule has 5 rings (SSSR count). The molecule has 0 bridgehead atoms. The van der Waals surface area contributed by atoms with E-state index < -0.39 is 11.8 Å². The van der Waals surface area contributed by atoms with E-state index in [1.54, 1.807) is 39.9 Å². The molecule has 1 unspecified atom stereocenters. The third-order valence-corrected chi connectivity index (χ3v) is 5.99. The molecule has 1 aliphatic heterocycles. The molecule has 3 aromatic heterocycles. The molecule has 4 heterocycles. The maximum atomic E-state index is 14.7. The number of nitrogens with zero attached hydrogens (tertiary/aromatic N) is 6. The molecule has 1 aromatic carbocycles.